The van der Waals surface area contributed by atoms with Crippen LogP contribution in [-0.4, -0.2) is 0 Å². The second-order valence-corrected chi connectivity index (χ2v) is 3.37. The molecule has 0 saturated heterocycles. The molecule has 0 unspecified atom stereocenters. The van der Waals surface area contributed by atoms with Crippen LogP contribution < -0.4 is 4.74 Å². The molecule has 0 aliphatic carbocycles. The molecular formula is C14H12NO+. The first-order chi connectivity index (χ1) is 7.90. The molecule has 0 atom stereocenters. The van der Waals surface area contributed by atoms with Gasteiger partial charge in [0.05, 0.1) is 0 Å². The van der Waals surface area contributed by atoms with Gasteiger partial charge in [0.25, 0.3) is 6.57 Å². The Balaban J connectivity index is 2.09. The average Bonchev–Trinajstić information content (AvgIpc) is 2.38. The lowest BCUT2D eigenvalue weighted by Gasteiger charge is -2.03. The lowest BCUT2D eigenvalue weighted by atomic mass is 10.2. The summed E-state index contributed by atoms with van der Waals surface area (Å²) in [7, 11) is 0. The van der Waals surface area contributed by atoms with Gasteiger partial charge in [0.15, 0.2) is 0 Å². The van der Waals surface area contributed by atoms with Gasteiger partial charge in [0, 0.05) is 6.07 Å². The van der Waals surface area contributed by atoms with Crippen molar-refractivity contribution in [3.05, 3.63) is 65.0 Å². The molecule has 2 nitrogen and oxygen atoms in total. The van der Waals surface area contributed by atoms with Crippen LogP contribution in [0, 0.1) is 6.57 Å². The molecule has 0 amide bonds. The maximum atomic E-state index is 5.64. The summed E-state index contributed by atoms with van der Waals surface area (Å²) in [4.78, 5) is 3.66. The van der Waals surface area contributed by atoms with Crippen LogP contribution in [-0.2, 0) is 6.61 Å². The second kappa shape index (κ2) is 4.99. The predicted molar refractivity (Wildman–Crippen MR) is 65.2 cm³/mol. The van der Waals surface area contributed by atoms with E-state index < -0.39 is 0 Å². The third kappa shape index (κ3) is 2.40. The summed E-state index contributed by atoms with van der Waals surface area (Å²) in [6.07, 6.45) is 0. The highest BCUT2D eigenvalue weighted by molar-refractivity contribution is 5.57. The summed E-state index contributed by atoms with van der Waals surface area (Å²) in [5.41, 5.74) is 1.78. The third-order valence-corrected chi connectivity index (χ3v) is 2.24. The topological polar surface area (TPSA) is 13.6 Å². The normalized spacial score (nSPS) is 9.44. The van der Waals surface area contributed by atoms with E-state index in [0.29, 0.717) is 18.0 Å². The SMILES string of the molecule is C#[N+]c1ccccc1OCc1ccccc1. The smallest absolute Gasteiger partial charge is 0.381 e. The Labute approximate surface area is 94.9 Å². The largest absolute Gasteiger partial charge is 0.481 e. The molecule has 2 aromatic rings. The molecule has 0 aromatic heterocycles. The highest BCUT2D eigenvalue weighted by atomic mass is 16.5. The average molecular weight is 210 g/mol. The molecule has 0 heterocycles. The number of ether oxygens (including phenoxy) is 1. The van der Waals surface area contributed by atoms with E-state index in [1.165, 1.54) is 0 Å². The zero-order valence-electron chi connectivity index (χ0n) is 8.84. The fourth-order valence-electron chi connectivity index (χ4n) is 1.42. The summed E-state index contributed by atoms with van der Waals surface area (Å²) in [6.45, 7) is 5.79. The van der Waals surface area contributed by atoms with Gasteiger partial charge in [-0.15, -0.1) is 0 Å². The van der Waals surface area contributed by atoms with Crippen LogP contribution in [0.5, 0.6) is 5.75 Å². The standard InChI is InChI=1S/C14H12NO/c1-15-13-9-5-6-10-14(13)16-11-12-7-3-2-4-8-12/h1-10H,11H2/q+1. The van der Waals surface area contributed by atoms with E-state index >= 15 is 0 Å². The highest BCUT2D eigenvalue weighted by Gasteiger charge is 2.09. The molecule has 0 N–H and O–H groups in total. The van der Waals surface area contributed by atoms with E-state index in [1.807, 2.05) is 54.6 Å². The molecule has 0 radical (unpaired) electrons. The summed E-state index contributed by atoms with van der Waals surface area (Å²) in [5.74, 6) is 0.703. The number of benzene rings is 2. The van der Waals surface area contributed by atoms with Crippen molar-refractivity contribution in [2.75, 3.05) is 0 Å². The molecule has 0 fully saturated rings. The first-order valence-corrected chi connectivity index (χ1v) is 5.07. The summed E-state index contributed by atoms with van der Waals surface area (Å²) in [5, 5.41) is 0. The van der Waals surface area contributed by atoms with Gasteiger partial charge in [0.2, 0.25) is 5.75 Å². The minimum atomic E-state index is 0.521. The third-order valence-electron chi connectivity index (χ3n) is 2.24. The van der Waals surface area contributed by atoms with E-state index in [0.717, 1.165) is 5.56 Å². The molecule has 78 valence electrons. The van der Waals surface area contributed by atoms with E-state index in [-0.39, 0.29) is 0 Å². The van der Waals surface area contributed by atoms with Crippen LogP contribution in [0.1, 0.15) is 5.56 Å². The van der Waals surface area contributed by atoms with Crippen molar-refractivity contribution in [1.29, 1.82) is 0 Å². The van der Waals surface area contributed by atoms with Crippen molar-refractivity contribution < 1.29 is 4.74 Å². The van der Waals surface area contributed by atoms with Gasteiger partial charge in [0.1, 0.15) is 6.61 Å². The lowest BCUT2D eigenvalue weighted by Crippen LogP contribution is -1.94. The monoisotopic (exact) mass is 210 g/mol. The quantitative estimate of drug-likeness (QED) is 0.750. The van der Waals surface area contributed by atoms with Gasteiger partial charge in [-0.25, -0.2) is 0 Å². The van der Waals surface area contributed by atoms with Gasteiger partial charge in [-0.1, -0.05) is 42.5 Å². The lowest BCUT2D eigenvalue weighted by molar-refractivity contribution is 0.308. The Morgan fingerprint density at radius 1 is 0.938 bits per heavy atom. The van der Waals surface area contributed by atoms with Crippen molar-refractivity contribution in [2.45, 2.75) is 6.61 Å². The molecule has 0 spiro atoms. The van der Waals surface area contributed by atoms with Crippen LogP contribution >= 0.6 is 0 Å². The van der Waals surface area contributed by atoms with Crippen LogP contribution in [0.3, 0.4) is 0 Å². The van der Waals surface area contributed by atoms with Gasteiger partial charge in [-0.05, 0) is 16.5 Å². The summed E-state index contributed by atoms with van der Waals surface area (Å²) < 4.78 is 5.64. The van der Waals surface area contributed by atoms with E-state index in [4.69, 9.17) is 11.3 Å². The van der Waals surface area contributed by atoms with Crippen LogP contribution in [0.25, 0.3) is 4.85 Å². The Kier molecular flexibility index (Phi) is 3.20. The van der Waals surface area contributed by atoms with E-state index in [2.05, 4.69) is 4.85 Å². The molecule has 2 rings (SSSR count). The van der Waals surface area contributed by atoms with Gasteiger partial charge < -0.3 is 4.74 Å². The van der Waals surface area contributed by atoms with Crippen molar-refractivity contribution in [3.63, 3.8) is 0 Å². The number of hydrogen-bond acceptors (Lipinski definition) is 1. The molecule has 0 aliphatic rings. The molecule has 16 heavy (non-hydrogen) atoms. The van der Waals surface area contributed by atoms with Gasteiger partial charge in [-0.3, -0.25) is 0 Å². The predicted octanol–water partition coefficient (Wildman–Crippen LogP) is 3.86. The highest BCUT2D eigenvalue weighted by Crippen LogP contribution is 2.27. The molecule has 0 aliphatic heterocycles. The molecule has 2 aromatic carbocycles. The number of rotatable bonds is 3. The Morgan fingerprint density at radius 3 is 2.38 bits per heavy atom. The maximum absolute atomic E-state index is 5.64. The molecule has 2 heteroatoms. The number of para-hydroxylation sites is 2. The summed E-state index contributed by atoms with van der Waals surface area (Å²) >= 11 is 0. The van der Waals surface area contributed by atoms with Crippen molar-refractivity contribution >= 4 is 5.69 Å². The van der Waals surface area contributed by atoms with Gasteiger partial charge >= 0.3 is 5.69 Å². The van der Waals surface area contributed by atoms with Crippen LogP contribution in [0.2, 0.25) is 0 Å². The Bertz CT molecular complexity index is 500. The molecule has 0 saturated carbocycles. The first-order valence-electron chi connectivity index (χ1n) is 5.07. The van der Waals surface area contributed by atoms with Crippen molar-refractivity contribution in [1.82, 2.24) is 0 Å². The minimum Gasteiger partial charge on any atom is -0.481 e. The van der Waals surface area contributed by atoms with Crippen molar-refractivity contribution in [3.8, 4) is 12.3 Å². The van der Waals surface area contributed by atoms with Crippen molar-refractivity contribution in [2.24, 2.45) is 0 Å². The first kappa shape index (κ1) is 10.3. The molecule has 0 bridgehead atoms. The Hall–Kier alpha value is -2.27. The zero-order valence-corrected chi connectivity index (χ0v) is 8.84. The van der Waals surface area contributed by atoms with E-state index in [1.54, 1.807) is 0 Å². The van der Waals surface area contributed by atoms with Gasteiger partial charge in [-0.2, -0.15) is 0 Å². The minimum absolute atomic E-state index is 0.521. The molecular weight excluding hydrogens is 198 g/mol. The fourth-order valence-corrected chi connectivity index (χ4v) is 1.42. The van der Waals surface area contributed by atoms with Crippen LogP contribution in [0.4, 0.5) is 5.69 Å². The van der Waals surface area contributed by atoms with E-state index in [9.17, 15) is 0 Å². The zero-order chi connectivity index (χ0) is 11.2. The number of hydrogen-bond donors (Lipinski definition) is 0. The van der Waals surface area contributed by atoms with Crippen LogP contribution in [0.15, 0.2) is 54.6 Å². The fraction of sp³-hybridized carbons (Fsp3) is 0.0714. The second-order valence-electron chi connectivity index (χ2n) is 3.37. The maximum Gasteiger partial charge on any atom is 0.381 e. The Morgan fingerprint density at radius 2 is 1.62 bits per heavy atom. The number of nitrogens with zero attached hydrogens (tertiary/aromatic N) is 1. The summed E-state index contributed by atoms with van der Waals surface area (Å²) in [6, 6.07) is 17.4.